The molecule has 4 rings (SSSR count). The molecule has 21 heavy (non-hydrogen) atoms. The molecule has 0 amide bonds. The van der Waals surface area contributed by atoms with Crippen LogP contribution in [0.4, 0.5) is 16.8 Å². The van der Waals surface area contributed by atoms with E-state index in [4.69, 9.17) is 4.98 Å². The van der Waals surface area contributed by atoms with Gasteiger partial charge in [0, 0.05) is 24.8 Å². The zero-order valence-electron chi connectivity index (χ0n) is 12.3. The number of hydrogen-bond acceptors (Lipinski definition) is 6. The van der Waals surface area contributed by atoms with Crippen LogP contribution in [0.1, 0.15) is 24.1 Å². The number of anilines is 3. The molecule has 3 heterocycles. The van der Waals surface area contributed by atoms with Crippen molar-refractivity contribution in [1.82, 2.24) is 14.3 Å². The molecule has 2 aromatic heterocycles. The molecular weight excluding hydrogens is 282 g/mol. The molecule has 0 bridgehead atoms. The SMILES string of the molecule is Cc1cc(Nc2ncc(C)c(N3CC(C4CC4)C3)n2)sn1. The van der Waals surface area contributed by atoms with Crippen molar-refractivity contribution >= 4 is 28.3 Å². The van der Waals surface area contributed by atoms with Gasteiger partial charge in [0.1, 0.15) is 10.8 Å². The van der Waals surface area contributed by atoms with E-state index in [9.17, 15) is 0 Å². The molecule has 2 fully saturated rings. The maximum atomic E-state index is 4.70. The quantitative estimate of drug-likeness (QED) is 0.940. The van der Waals surface area contributed by atoms with Crippen LogP contribution in [0.2, 0.25) is 0 Å². The van der Waals surface area contributed by atoms with E-state index in [1.807, 2.05) is 19.2 Å². The summed E-state index contributed by atoms with van der Waals surface area (Å²) in [7, 11) is 0. The molecule has 6 heteroatoms. The van der Waals surface area contributed by atoms with Gasteiger partial charge in [0.05, 0.1) is 5.69 Å². The fraction of sp³-hybridized carbons (Fsp3) is 0.533. The molecular formula is C15H19N5S. The Labute approximate surface area is 128 Å². The summed E-state index contributed by atoms with van der Waals surface area (Å²) >= 11 is 1.44. The van der Waals surface area contributed by atoms with Crippen molar-refractivity contribution in [3.63, 3.8) is 0 Å². The first-order valence-electron chi connectivity index (χ1n) is 7.48. The Bertz CT molecular complexity index is 658. The average molecular weight is 301 g/mol. The Balaban J connectivity index is 1.50. The highest BCUT2D eigenvalue weighted by atomic mass is 32.1. The minimum atomic E-state index is 0.661. The van der Waals surface area contributed by atoms with Crippen molar-refractivity contribution < 1.29 is 0 Å². The predicted octanol–water partition coefficient (Wildman–Crippen LogP) is 3.14. The van der Waals surface area contributed by atoms with Gasteiger partial charge in [0.2, 0.25) is 5.95 Å². The third-order valence-corrected chi connectivity index (χ3v) is 5.10. The molecule has 2 aliphatic rings. The summed E-state index contributed by atoms with van der Waals surface area (Å²) in [5.74, 6) is 3.61. The first-order chi connectivity index (χ1) is 10.2. The van der Waals surface area contributed by atoms with Gasteiger partial charge in [-0.25, -0.2) is 4.98 Å². The summed E-state index contributed by atoms with van der Waals surface area (Å²) in [4.78, 5) is 11.5. The maximum Gasteiger partial charge on any atom is 0.229 e. The van der Waals surface area contributed by atoms with Gasteiger partial charge in [0.15, 0.2) is 0 Å². The monoisotopic (exact) mass is 301 g/mol. The van der Waals surface area contributed by atoms with Crippen LogP contribution in [0, 0.1) is 25.7 Å². The van der Waals surface area contributed by atoms with E-state index in [0.717, 1.165) is 47.0 Å². The zero-order chi connectivity index (χ0) is 14.4. The molecule has 1 aliphatic carbocycles. The van der Waals surface area contributed by atoms with E-state index in [0.29, 0.717) is 5.95 Å². The molecule has 0 unspecified atom stereocenters. The Morgan fingerprint density at radius 3 is 2.71 bits per heavy atom. The lowest BCUT2D eigenvalue weighted by molar-refractivity contribution is 0.361. The van der Waals surface area contributed by atoms with E-state index in [2.05, 4.69) is 26.5 Å². The number of aromatic nitrogens is 3. The maximum absolute atomic E-state index is 4.70. The van der Waals surface area contributed by atoms with Gasteiger partial charge in [-0.15, -0.1) is 0 Å². The lowest BCUT2D eigenvalue weighted by Crippen LogP contribution is -2.48. The highest BCUT2D eigenvalue weighted by molar-refractivity contribution is 7.10. The highest BCUT2D eigenvalue weighted by Crippen LogP contribution is 2.42. The normalized spacial score (nSPS) is 18.7. The Kier molecular flexibility index (Phi) is 3.06. The number of rotatable bonds is 4. The molecule has 1 N–H and O–H groups in total. The van der Waals surface area contributed by atoms with Gasteiger partial charge in [0.25, 0.3) is 0 Å². The Hall–Kier alpha value is -1.69. The van der Waals surface area contributed by atoms with Crippen LogP contribution in [0.25, 0.3) is 0 Å². The summed E-state index contributed by atoms with van der Waals surface area (Å²) in [6.45, 7) is 6.38. The van der Waals surface area contributed by atoms with E-state index in [1.54, 1.807) is 0 Å². The lowest BCUT2D eigenvalue weighted by atomic mass is 9.94. The van der Waals surface area contributed by atoms with Gasteiger partial charge in [-0.2, -0.15) is 9.36 Å². The molecule has 0 atom stereocenters. The highest BCUT2D eigenvalue weighted by Gasteiger charge is 2.40. The average Bonchev–Trinajstić information content (AvgIpc) is 3.15. The molecule has 5 nitrogen and oxygen atoms in total. The molecule has 0 aromatic carbocycles. The van der Waals surface area contributed by atoms with Gasteiger partial charge in [-0.05, 0) is 56.1 Å². The van der Waals surface area contributed by atoms with Crippen LogP contribution >= 0.6 is 11.5 Å². The summed E-state index contributed by atoms with van der Waals surface area (Å²) < 4.78 is 4.26. The van der Waals surface area contributed by atoms with Crippen molar-refractivity contribution in [3.05, 3.63) is 23.5 Å². The van der Waals surface area contributed by atoms with Crippen LogP contribution in [0.15, 0.2) is 12.3 Å². The van der Waals surface area contributed by atoms with Crippen molar-refractivity contribution in [2.75, 3.05) is 23.3 Å². The Morgan fingerprint density at radius 1 is 1.24 bits per heavy atom. The third-order valence-electron chi connectivity index (χ3n) is 4.31. The number of nitrogens with one attached hydrogen (secondary N) is 1. The minimum Gasteiger partial charge on any atom is -0.356 e. The van der Waals surface area contributed by atoms with E-state index in [-0.39, 0.29) is 0 Å². The van der Waals surface area contributed by atoms with Crippen LogP contribution in [-0.4, -0.2) is 27.4 Å². The fourth-order valence-electron chi connectivity index (χ4n) is 2.90. The molecule has 0 radical (unpaired) electrons. The molecule has 110 valence electrons. The summed E-state index contributed by atoms with van der Waals surface area (Å²) in [6.07, 6.45) is 4.76. The third kappa shape index (κ3) is 2.60. The molecule has 2 aromatic rings. The summed E-state index contributed by atoms with van der Waals surface area (Å²) in [5, 5.41) is 4.24. The first-order valence-corrected chi connectivity index (χ1v) is 8.25. The smallest absolute Gasteiger partial charge is 0.229 e. The van der Waals surface area contributed by atoms with E-state index >= 15 is 0 Å². The van der Waals surface area contributed by atoms with Gasteiger partial charge >= 0.3 is 0 Å². The second-order valence-corrected chi connectivity index (χ2v) is 6.97. The van der Waals surface area contributed by atoms with E-state index in [1.165, 1.54) is 24.4 Å². The number of nitrogens with zero attached hydrogens (tertiary/aromatic N) is 4. The zero-order valence-corrected chi connectivity index (χ0v) is 13.2. The summed E-state index contributed by atoms with van der Waals surface area (Å²) in [6, 6.07) is 2.01. The fourth-order valence-corrected chi connectivity index (χ4v) is 3.55. The van der Waals surface area contributed by atoms with Crippen LogP contribution in [-0.2, 0) is 0 Å². The molecule has 1 aliphatic heterocycles. The second-order valence-electron chi connectivity index (χ2n) is 6.16. The van der Waals surface area contributed by atoms with Crippen molar-refractivity contribution in [3.8, 4) is 0 Å². The van der Waals surface area contributed by atoms with Crippen LogP contribution in [0.3, 0.4) is 0 Å². The van der Waals surface area contributed by atoms with Crippen LogP contribution < -0.4 is 10.2 Å². The minimum absolute atomic E-state index is 0.661. The first kappa shape index (κ1) is 13.0. The van der Waals surface area contributed by atoms with Crippen molar-refractivity contribution in [1.29, 1.82) is 0 Å². The van der Waals surface area contributed by atoms with Gasteiger partial charge < -0.3 is 10.2 Å². The van der Waals surface area contributed by atoms with E-state index < -0.39 is 0 Å². The van der Waals surface area contributed by atoms with Crippen LogP contribution in [0.5, 0.6) is 0 Å². The van der Waals surface area contributed by atoms with Gasteiger partial charge in [-0.1, -0.05) is 0 Å². The second kappa shape index (κ2) is 4.94. The Morgan fingerprint density at radius 2 is 2.05 bits per heavy atom. The predicted molar refractivity (Wildman–Crippen MR) is 85.3 cm³/mol. The van der Waals surface area contributed by atoms with Crippen molar-refractivity contribution in [2.45, 2.75) is 26.7 Å². The topological polar surface area (TPSA) is 53.9 Å². The molecule has 1 saturated carbocycles. The molecule has 1 saturated heterocycles. The van der Waals surface area contributed by atoms with Gasteiger partial charge in [-0.3, -0.25) is 0 Å². The largest absolute Gasteiger partial charge is 0.356 e. The molecule has 0 spiro atoms. The number of hydrogen-bond donors (Lipinski definition) is 1. The standard InChI is InChI=1S/C15H19N5S/c1-9-6-16-15(17-13-5-10(2)19-21-13)18-14(9)20-7-12(8-20)11-3-4-11/h5-6,11-12H,3-4,7-8H2,1-2H3,(H,16,17,18). The van der Waals surface area contributed by atoms with Crippen molar-refractivity contribution in [2.24, 2.45) is 11.8 Å². The lowest BCUT2D eigenvalue weighted by Gasteiger charge is -2.41. The summed E-state index contributed by atoms with van der Waals surface area (Å²) in [5.41, 5.74) is 2.17. The number of aryl methyl sites for hydroxylation is 2.